The van der Waals surface area contributed by atoms with Crippen molar-refractivity contribution in [1.29, 1.82) is 0 Å². The summed E-state index contributed by atoms with van der Waals surface area (Å²) in [5.74, 6) is 0. The standard InChI is InChI=1S/C15H24BrN3/c1-3-15(2,19-8-4-5-9-19)14(17)10-13-7-6-12(16)11-18-13/h6-7,11,14H,3-5,8-10,17H2,1-2H3. The van der Waals surface area contributed by atoms with Crippen molar-refractivity contribution in [2.75, 3.05) is 13.1 Å². The molecule has 1 aromatic heterocycles. The van der Waals surface area contributed by atoms with Crippen molar-refractivity contribution >= 4 is 15.9 Å². The number of hydrogen-bond acceptors (Lipinski definition) is 3. The Kier molecular flexibility index (Phi) is 4.98. The van der Waals surface area contributed by atoms with Crippen molar-refractivity contribution in [3.05, 3.63) is 28.5 Å². The van der Waals surface area contributed by atoms with Gasteiger partial charge in [-0.25, -0.2) is 0 Å². The lowest BCUT2D eigenvalue weighted by Gasteiger charge is -2.43. The van der Waals surface area contributed by atoms with Gasteiger partial charge in [-0.2, -0.15) is 0 Å². The number of rotatable bonds is 5. The Balaban J connectivity index is 2.07. The highest BCUT2D eigenvalue weighted by Crippen LogP contribution is 2.28. The van der Waals surface area contributed by atoms with Crippen LogP contribution in [0.15, 0.2) is 22.8 Å². The Bertz CT molecular complexity index is 400. The molecule has 1 aromatic rings. The second kappa shape index (κ2) is 6.33. The lowest BCUT2D eigenvalue weighted by Crippen LogP contribution is -2.57. The molecule has 3 nitrogen and oxygen atoms in total. The summed E-state index contributed by atoms with van der Waals surface area (Å²) in [6.07, 6.45) is 6.39. The van der Waals surface area contributed by atoms with E-state index in [-0.39, 0.29) is 11.6 Å². The molecule has 2 heterocycles. The molecule has 0 amide bonds. The Morgan fingerprint density at radius 3 is 2.63 bits per heavy atom. The molecule has 106 valence electrons. The van der Waals surface area contributed by atoms with Crippen LogP contribution >= 0.6 is 15.9 Å². The summed E-state index contributed by atoms with van der Waals surface area (Å²) in [6.45, 7) is 6.92. The van der Waals surface area contributed by atoms with E-state index in [1.165, 1.54) is 25.9 Å². The Morgan fingerprint density at radius 2 is 2.11 bits per heavy atom. The molecule has 0 saturated carbocycles. The number of pyridine rings is 1. The molecule has 4 heteroatoms. The maximum atomic E-state index is 6.52. The van der Waals surface area contributed by atoms with Crippen LogP contribution in [0, 0.1) is 0 Å². The molecular formula is C15H24BrN3. The van der Waals surface area contributed by atoms with E-state index in [1.54, 1.807) is 0 Å². The third-order valence-corrected chi connectivity index (χ3v) is 5.03. The molecule has 2 atom stereocenters. The van der Waals surface area contributed by atoms with E-state index in [0.717, 1.165) is 23.0 Å². The number of halogens is 1. The fraction of sp³-hybridized carbons (Fsp3) is 0.667. The summed E-state index contributed by atoms with van der Waals surface area (Å²) in [4.78, 5) is 7.01. The number of nitrogens with zero attached hydrogens (tertiary/aromatic N) is 2. The van der Waals surface area contributed by atoms with Crippen molar-refractivity contribution in [3.63, 3.8) is 0 Å². The van der Waals surface area contributed by atoms with Crippen molar-refractivity contribution < 1.29 is 0 Å². The second-order valence-corrected chi connectivity index (χ2v) is 6.60. The van der Waals surface area contributed by atoms with Crippen LogP contribution in [0.2, 0.25) is 0 Å². The summed E-state index contributed by atoms with van der Waals surface area (Å²) in [6, 6.07) is 4.22. The SMILES string of the molecule is CCC(C)(C(N)Cc1ccc(Br)cn1)N1CCCC1. The van der Waals surface area contributed by atoms with Gasteiger partial charge < -0.3 is 5.73 Å². The van der Waals surface area contributed by atoms with Crippen LogP contribution in [0.1, 0.15) is 38.8 Å². The lowest BCUT2D eigenvalue weighted by atomic mass is 9.85. The van der Waals surface area contributed by atoms with E-state index in [9.17, 15) is 0 Å². The van der Waals surface area contributed by atoms with Crippen LogP contribution in [0.25, 0.3) is 0 Å². The topological polar surface area (TPSA) is 42.1 Å². The minimum atomic E-state index is 0.0885. The normalized spacial score (nSPS) is 21.3. The molecule has 2 unspecified atom stereocenters. The summed E-state index contributed by atoms with van der Waals surface area (Å²) < 4.78 is 1.02. The largest absolute Gasteiger partial charge is 0.326 e. The zero-order valence-electron chi connectivity index (χ0n) is 11.9. The highest BCUT2D eigenvalue weighted by atomic mass is 79.9. The molecule has 1 aliphatic rings. The lowest BCUT2D eigenvalue weighted by molar-refractivity contribution is 0.0995. The average molecular weight is 326 g/mol. The first-order chi connectivity index (χ1) is 9.06. The van der Waals surface area contributed by atoms with Crippen LogP contribution in [0.5, 0.6) is 0 Å². The molecule has 0 bridgehead atoms. The van der Waals surface area contributed by atoms with Gasteiger partial charge in [0.25, 0.3) is 0 Å². The smallest absolute Gasteiger partial charge is 0.0420 e. The first kappa shape index (κ1) is 14.9. The van der Waals surface area contributed by atoms with Crippen molar-refractivity contribution in [3.8, 4) is 0 Å². The van der Waals surface area contributed by atoms with E-state index < -0.39 is 0 Å². The molecule has 0 aliphatic carbocycles. The third kappa shape index (κ3) is 3.36. The van der Waals surface area contributed by atoms with Gasteiger partial charge >= 0.3 is 0 Å². The highest BCUT2D eigenvalue weighted by Gasteiger charge is 2.37. The van der Waals surface area contributed by atoms with Crippen molar-refractivity contribution in [1.82, 2.24) is 9.88 Å². The van der Waals surface area contributed by atoms with E-state index in [1.807, 2.05) is 12.3 Å². The number of likely N-dealkylation sites (tertiary alicyclic amines) is 1. The molecular weight excluding hydrogens is 302 g/mol. The number of nitrogens with two attached hydrogens (primary N) is 1. The van der Waals surface area contributed by atoms with Crippen molar-refractivity contribution in [2.24, 2.45) is 5.73 Å². The van der Waals surface area contributed by atoms with E-state index in [2.05, 4.69) is 45.7 Å². The molecule has 1 fully saturated rings. The van der Waals surface area contributed by atoms with E-state index >= 15 is 0 Å². The minimum absolute atomic E-state index is 0.0885. The molecule has 0 aromatic carbocycles. The summed E-state index contributed by atoms with van der Waals surface area (Å²) in [5.41, 5.74) is 7.69. The maximum Gasteiger partial charge on any atom is 0.0420 e. The first-order valence-electron chi connectivity index (χ1n) is 7.17. The molecule has 1 aliphatic heterocycles. The third-order valence-electron chi connectivity index (χ3n) is 4.56. The molecule has 0 spiro atoms. The first-order valence-corrected chi connectivity index (χ1v) is 7.96. The van der Waals surface area contributed by atoms with E-state index in [4.69, 9.17) is 5.73 Å². The van der Waals surface area contributed by atoms with Gasteiger partial charge in [0.15, 0.2) is 0 Å². The summed E-state index contributed by atoms with van der Waals surface area (Å²) in [5, 5.41) is 0. The van der Waals surface area contributed by atoms with Crippen LogP contribution in [-0.2, 0) is 6.42 Å². The minimum Gasteiger partial charge on any atom is -0.326 e. The van der Waals surface area contributed by atoms with Gasteiger partial charge in [0.1, 0.15) is 0 Å². The molecule has 0 radical (unpaired) electrons. The Morgan fingerprint density at radius 1 is 1.42 bits per heavy atom. The Hall–Kier alpha value is -0.450. The predicted molar refractivity (Wildman–Crippen MR) is 83.1 cm³/mol. The van der Waals surface area contributed by atoms with Crippen LogP contribution in [-0.4, -0.2) is 34.6 Å². The fourth-order valence-corrected chi connectivity index (χ4v) is 3.16. The monoisotopic (exact) mass is 325 g/mol. The number of hydrogen-bond donors (Lipinski definition) is 1. The quantitative estimate of drug-likeness (QED) is 0.904. The zero-order chi connectivity index (χ0) is 13.9. The van der Waals surface area contributed by atoms with Crippen LogP contribution in [0.4, 0.5) is 0 Å². The molecule has 1 saturated heterocycles. The highest BCUT2D eigenvalue weighted by molar-refractivity contribution is 9.10. The Labute approximate surface area is 124 Å². The molecule has 19 heavy (non-hydrogen) atoms. The fourth-order valence-electron chi connectivity index (χ4n) is 2.92. The predicted octanol–water partition coefficient (Wildman–Crippen LogP) is 2.98. The summed E-state index contributed by atoms with van der Waals surface area (Å²) in [7, 11) is 0. The number of aromatic nitrogens is 1. The van der Waals surface area contributed by atoms with Crippen LogP contribution in [0.3, 0.4) is 0 Å². The van der Waals surface area contributed by atoms with Crippen molar-refractivity contribution in [2.45, 2.75) is 51.1 Å². The van der Waals surface area contributed by atoms with Gasteiger partial charge in [0, 0.05) is 34.4 Å². The second-order valence-electron chi connectivity index (χ2n) is 5.68. The van der Waals surface area contributed by atoms with Gasteiger partial charge in [-0.3, -0.25) is 9.88 Å². The van der Waals surface area contributed by atoms with Gasteiger partial charge in [-0.05, 0) is 67.3 Å². The zero-order valence-corrected chi connectivity index (χ0v) is 13.5. The van der Waals surface area contributed by atoms with Gasteiger partial charge in [0.05, 0.1) is 0 Å². The van der Waals surface area contributed by atoms with Gasteiger partial charge in [-0.1, -0.05) is 6.92 Å². The molecule has 2 N–H and O–H groups in total. The van der Waals surface area contributed by atoms with E-state index in [0.29, 0.717) is 0 Å². The average Bonchev–Trinajstić information content (AvgIpc) is 2.95. The van der Waals surface area contributed by atoms with Gasteiger partial charge in [0.2, 0.25) is 0 Å². The molecule has 2 rings (SSSR count). The maximum absolute atomic E-state index is 6.52. The van der Waals surface area contributed by atoms with Gasteiger partial charge in [-0.15, -0.1) is 0 Å². The summed E-state index contributed by atoms with van der Waals surface area (Å²) >= 11 is 3.42. The van der Waals surface area contributed by atoms with Crippen LogP contribution < -0.4 is 5.73 Å².